The van der Waals surface area contributed by atoms with Crippen LogP contribution in [0.25, 0.3) is 0 Å². The SMILES string of the molecule is CC(NC(=O)c1cccc(B(O)O)c1)N(C)C. The van der Waals surface area contributed by atoms with Crippen molar-refractivity contribution in [1.29, 1.82) is 0 Å². The Labute approximate surface area is 101 Å². The monoisotopic (exact) mass is 236 g/mol. The van der Waals surface area contributed by atoms with E-state index in [4.69, 9.17) is 10.0 Å². The Morgan fingerprint density at radius 1 is 1.41 bits per heavy atom. The Hall–Kier alpha value is -1.37. The number of hydrogen-bond acceptors (Lipinski definition) is 4. The molecule has 1 aromatic rings. The second-order valence-electron chi connectivity index (χ2n) is 4.11. The number of nitrogens with zero attached hydrogens (tertiary/aromatic N) is 1. The summed E-state index contributed by atoms with van der Waals surface area (Å²) in [7, 11) is 2.16. The lowest BCUT2D eigenvalue weighted by Crippen LogP contribution is -2.42. The number of hydrogen-bond donors (Lipinski definition) is 3. The van der Waals surface area contributed by atoms with E-state index < -0.39 is 7.12 Å². The molecule has 1 aromatic carbocycles. The molecular formula is C11H17BN2O3. The van der Waals surface area contributed by atoms with E-state index in [0.29, 0.717) is 11.0 Å². The van der Waals surface area contributed by atoms with Crippen molar-refractivity contribution in [1.82, 2.24) is 10.2 Å². The van der Waals surface area contributed by atoms with Crippen molar-refractivity contribution in [3.05, 3.63) is 29.8 Å². The number of nitrogens with one attached hydrogen (secondary N) is 1. The van der Waals surface area contributed by atoms with Gasteiger partial charge in [0, 0.05) is 5.56 Å². The van der Waals surface area contributed by atoms with Crippen LogP contribution in [0.4, 0.5) is 0 Å². The van der Waals surface area contributed by atoms with Gasteiger partial charge in [0.05, 0.1) is 6.17 Å². The second-order valence-corrected chi connectivity index (χ2v) is 4.11. The minimum absolute atomic E-state index is 0.0924. The molecule has 0 aliphatic rings. The van der Waals surface area contributed by atoms with Gasteiger partial charge in [-0.15, -0.1) is 0 Å². The van der Waals surface area contributed by atoms with Gasteiger partial charge in [-0.2, -0.15) is 0 Å². The number of benzene rings is 1. The molecule has 0 heterocycles. The van der Waals surface area contributed by atoms with E-state index in [9.17, 15) is 4.79 Å². The molecule has 0 radical (unpaired) electrons. The topological polar surface area (TPSA) is 72.8 Å². The van der Waals surface area contributed by atoms with Gasteiger partial charge in [0.1, 0.15) is 0 Å². The van der Waals surface area contributed by atoms with Gasteiger partial charge in [-0.1, -0.05) is 12.1 Å². The van der Waals surface area contributed by atoms with E-state index in [1.54, 1.807) is 18.2 Å². The largest absolute Gasteiger partial charge is 0.488 e. The molecule has 5 nitrogen and oxygen atoms in total. The van der Waals surface area contributed by atoms with Crippen LogP contribution in [0.1, 0.15) is 17.3 Å². The summed E-state index contributed by atoms with van der Waals surface area (Å²) in [5.41, 5.74) is 0.708. The molecule has 1 atom stereocenters. The van der Waals surface area contributed by atoms with Crippen LogP contribution in [0.3, 0.4) is 0 Å². The number of carbonyl (C=O) groups is 1. The molecule has 1 unspecified atom stereocenters. The van der Waals surface area contributed by atoms with Gasteiger partial charge in [-0.05, 0) is 38.6 Å². The summed E-state index contributed by atoms with van der Waals surface area (Å²) < 4.78 is 0. The summed E-state index contributed by atoms with van der Waals surface area (Å²) >= 11 is 0. The molecule has 0 fully saturated rings. The molecular weight excluding hydrogens is 219 g/mol. The molecule has 0 aliphatic carbocycles. The zero-order valence-electron chi connectivity index (χ0n) is 10.2. The molecule has 1 rings (SSSR count). The Morgan fingerprint density at radius 2 is 2.06 bits per heavy atom. The first-order valence-electron chi connectivity index (χ1n) is 5.35. The van der Waals surface area contributed by atoms with Crippen LogP contribution in [0.15, 0.2) is 24.3 Å². The maximum Gasteiger partial charge on any atom is 0.488 e. The van der Waals surface area contributed by atoms with Crippen LogP contribution in [0.5, 0.6) is 0 Å². The number of amides is 1. The first-order chi connectivity index (χ1) is 7.91. The van der Waals surface area contributed by atoms with E-state index in [1.165, 1.54) is 6.07 Å². The van der Waals surface area contributed by atoms with E-state index in [0.717, 1.165) is 0 Å². The highest BCUT2D eigenvalue weighted by Crippen LogP contribution is 1.99. The van der Waals surface area contributed by atoms with E-state index in [-0.39, 0.29) is 12.1 Å². The Morgan fingerprint density at radius 3 is 2.59 bits per heavy atom. The lowest BCUT2D eigenvalue weighted by molar-refractivity contribution is 0.0900. The van der Waals surface area contributed by atoms with Crippen LogP contribution < -0.4 is 10.8 Å². The van der Waals surface area contributed by atoms with Gasteiger partial charge in [0.25, 0.3) is 5.91 Å². The third-order valence-electron chi connectivity index (χ3n) is 2.56. The third kappa shape index (κ3) is 3.85. The number of rotatable bonds is 4. The summed E-state index contributed by atoms with van der Waals surface area (Å²) in [5, 5.41) is 20.8. The van der Waals surface area contributed by atoms with Crippen molar-refractivity contribution < 1.29 is 14.8 Å². The molecule has 0 saturated carbocycles. The van der Waals surface area contributed by atoms with Gasteiger partial charge in [-0.3, -0.25) is 9.69 Å². The smallest absolute Gasteiger partial charge is 0.423 e. The molecule has 6 heteroatoms. The fraction of sp³-hybridized carbons (Fsp3) is 0.364. The highest BCUT2D eigenvalue weighted by molar-refractivity contribution is 6.58. The number of carbonyl (C=O) groups excluding carboxylic acids is 1. The quantitative estimate of drug-likeness (QED) is 0.463. The summed E-state index contributed by atoms with van der Waals surface area (Å²) in [6.07, 6.45) is -0.0924. The third-order valence-corrected chi connectivity index (χ3v) is 2.56. The van der Waals surface area contributed by atoms with Crippen molar-refractivity contribution in [3.8, 4) is 0 Å². The summed E-state index contributed by atoms with van der Waals surface area (Å²) in [5.74, 6) is -0.242. The first kappa shape index (κ1) is 13.7. The summed E-state index contributed by atoms with van der Waals surface area (Å²) in [6, 6.07) is 6.26. The van der Waals surface area contributed by atoms with Gasteiger partial charge < -0.3 is 15.4 Å². The van der Waals surface area contributed by atoms with Crippen LogP contribution in [0.2, 0.25) is 0 Å². The first-order valence-corrected chi connectivity index (χ1v) is 5.35. The van der Waals surface area contributed by atoms with Crippen LogP contribution >= 0.6 is 0 Å². The Bertz CT molecular complexity index is 396. The van der Waals surface area contributed by atoms with Crippen molar-refractivity contribution in [2.24, 2.45) is 0 Å². The minimum atomic E-state index is -1.56. The molecule has 1 amide bonds. The van der Waals surface area contributed by atoms with Crippen molar-refractivity contribution in [2.75, 3.05) is 14.1 Å². The highest BCUT2D eigenvalue weighted by Gasteiger charge is 2.15. The lowest BCUT2D eigenvalue weighted by Gasteiger charge is -2.21. The van der Waals surface area contributed by atoms with Crippen LogP contribution in [-0.4, -0.2) is 48.2 Å². The molecule has 92 valence electrons. The lowest BCUT2D eigenvalue weighted by atomic mass is 9.79. The average molecular weight is 236 g/mol. The predicted molar refractivity (Wildman–Crippen MR) is 66.9 cm³/mol. The van der Waals surface area contributed by atoms with E-state index in [1.807, 2.05) is 25.9 Å². The van der Waals surface area contributed by atoms with Crippen molar-refractivity contribution in [3.63, 3.8) is 0 Å². The maximum absolute atomic E-state index is 11.8. The molecule has 0 aliphatic heterocycles. The molecule has 17 heavy (non-hydrogen) atoms. The van der Waals surface area contributed by atoms with Crippen molar-refractivity contribution in [2.45, 2.75) is 13.1 Å². The van der Waals surface area contributed by atoms with Gasteiger partial charge >= 0.3 is 7.12 Å². The van der Waals surface area contributed by atoms with E-state index >= 15 is 0 Å². The Balaban J connectivity index is 2.79. The summed E-state index contributed by atoms with van der Waals surface area (Å²) in [4.78, 5) is 13.7. The zero-order valence-corrected chi connectivity index (χ0v) is 10.2. The van der Waals surface area contributed by atoms with Gasteiger partial charge in [-0.25, -0.2) is 0 Å². The maximum atomic E-state index is 11.8. The Kier molecular flexibility index (Phi) is 4.68. The molecule has 0 aromatic heterocycles. The minimum Gasteiger partial charge on any atom is -0.423 e. The highest BCUT2D eigenvalue weighted by atomic mass is 16.4. The standard InChI is InChI=1S/C11H17BN2O3/c1-8(14(2)3)13-11(15)9-5-4-6-10(7-9)12(16)17/h4-8,16-17H,1-3H3,(H,13,15). The summed E-state index contributed by atoms with van der Waals surface area (Å²) in [6.45, 7) is 1.86. The normalized spacial score (nSPS) is 12.4. The molecule has 0 spiro atoms. The predicted octanol–water partition coefficient (Wildman–Crippen LogP) is -0.996. The fourth-order valence-electron chi connectivity index (χ4n) is 1.24. The molecule has 0 saturated heterocycles. The molecule has 0 bridgehead atoms. The van der Waals surface area contributed by atoms with Crippen LogP contribution in [-0.2, 0) is 0 Å². The van der Waals surface area contributed by atoms with Crippen LogP contribution in [0, 0.1) is 0 Å². The van der Waals surface area contributed by atoms with Gasteiger partial charge in [0.2, 0.25) is 0 Å². The van der Waals surface area contributed by atoms with Gasteiger partial charge in [0.15, 0.2) is 0 Å². The fourth-order valence-corrected chi connectivity index (χ4v) is 1.24. The van der Waals surface area contributed by atoms with E-state index in [2.05, 4.69) is 5.32 Å². The zero-order chi connectivity index (χ0) is 13.0. The average Bonchev–Trinajstić information content (AvgIpc) is 2.28. The second kappa shape index (κ2) is 5.81. The van der Waals surface area contributed by atoms with Crippen molar-refractivity contribution >= 4 is 18.5 Å². The molecule has 3 N–H and O–H groups in total.